The molecule has 1 aromatic heterocycles. The number of hydrogen-bond donors (Lipinski definition) is 1. The molecule has 1 N–H and O–H groups in total. The maximum Gasteiger partial charge on any atom is 0.105 e. The van der Waals surface area contributed by atoms with Gasteiger partial charge in [0.15, 0.2) is 0 Å². The van der Waals surface area contributed by atoms with Crippen LogP contribution in [0.3, 0.4) is 0 Å². The third-order valence-corrected chi connectivity index (χ3v) is 4.86. The molecule has 0 radical (unpaired) electrons. The second-order valence-corrected chi connectivity index (χ2v) is 6.72. The van der Waals surface area contributed by atoms with Crippen LogP contribution in [-0.4, -0.2) is 9.59 Å². The van der Waals surface area contributed by atoms with Crippen LogP contribution in [0.15, 0.2) is 84.2 Å². The van der Waals surface area contributed by atoms with Crippen molar-refractivity contribution in [3.8, 4) is 22.4 Å². The van der Waals surface area contributed by atoms with E-state index >= 15 is 0 Å². The van der Waals surface area contributed by atoms with Crippen molar-refractivity contribution in [2.24, 2.45) is 0 Å². The van der Waals surface area contributed by atoms with Crippen LogP contribution in [0.4, 0.5) is 0 Å². The number of nitrogens with one attached hydrogen (secondary N) is 1. The standard InChI is InChI=1S/C22H19N3S/c1-2-6-18(7-3-1)21-9-5-4-8-20(21)15-23-14-17-10-12-19(13-11-17)22-16-26-25-24-22/h1-13,16,23H,14-15H2. The van der Waals surface area contributed by atoms with Gasteiger partial charge in [0, 0.05) is 24.0 Å². The van der Waals surface area contributed by atoms with Gasteiger partial charge in [-0.3, -0.25) is 0 Å². The van der Waals surface area contributed by atoms with E-state index in [1.54, 1.807) is 0 Å². The Morgan fingerprint density at radius 3 is 2.27 bits per heavy atom. The van der Waals surface area contributed by atoms with Gasteiger partial charge >= 0.3 is 0 Å². The van der Waals surface area contributed by atoms with Gasteiger partial charge in [-0.05, 0) is 33.8 Å². The molecule has 0 saturated carbocycles. The zero-order chi connectivity index (χ0) is 17.6. The highest BCUT2D eigenvalue weighted by molar-refractivity contribution is 7.03. The van der Waals surface area contributed by atoms with Crippen molar-refractivity contribution in [2.45, 2.75) is 13.1 Å². The molecule has 1 heterocycles. The Bertz CT molecular complexity index is 948. The lowest BCUT2D eigenvalue weighted by Crippen LogP contribution is -2.13. The summed E-state index contributed by atoms with van der Waals surface area (Å²) < 4.78 is 3.92. The molecule has 0 aliphatic heterocycles. The minimum absolute atomic E-state index is 0.832. The Balaban J connectivity index is 1.41. The summed E-state index contributed by atoms with van der Waals surface area (Å²) in [6.45, 7) is 1.67. The van der Waals surface area contributed by atoms with E-state index < -0.39 is 0 Å². The minimum atomic E-state index is 0.832. The average Bonchev–Trinajstić information content (AvgIpc) is 3.24. The summed E-state index contributed by atoms with van der Waals surface area (Å²) in [5.41, 5.74) is 7.15. The molecule has 4 rings (SSSR count). The summed E-state index contributed by atoms with van der Waals surface area (Å²) in [6.07, 6.45) is 0. The molecule has 0 atom stereocenters. The maximum absolute atomic E-state index is 4.11. The van der Waals surface area contributed by atoms with Crippen molar-refractivity contribution in [3.63, 3.8) is 0 Å². The maximum atomic E-state index is 4.11. The molecular weight excluding hydrogens is 338 g/mol. The van der Waals surface area contributed by atoms with Crippen molar-refractivity contribution in [1.82, 2.24) is 14.9 Å². The molecule has 0 spiro atoms. The van der Waals surface area contributed by atoms with Gasteiger partial charge in [0.1, 0.15) is 5.69 Å². The summed E-state index contributed by atoms with van der Waals surface area (Å²) in [5.74, 6) is 0. The number of hydrogen-bond acceptors (Lipinski definition) is 4. The molecule has 128 valence electrons. The number of nitrogens with zero attached hydrogens (tertiary/aromatic N) is 2. The zero-order valence-electron chi connectivity index (χ0n) is 14.3. The third kappa shape index (κ3) is 3.87. The van der Waals surface area contributed by atoms with Crippen molar-refractivity contribution in [2.75, 3.05) is 0 Å². The van der Waals surface area contributed by atoms with Crippen LogP contribution in [0.2, 0.25) is 0 Å². The van der Waals surface area contributed by atoms with Gasteiger partial charge in [0.2, 0.25) is 0 Å². The molecule has 0 aliphatic rings. The van der Waals surface area contributed by atoms with Crippen molar-refractivity contribution in [1.29, 1.82) is 0 Å². The topological polar surface area (TPSA) is 37.8 Å². The van der Waals surface area contributed by atoms with Crippen LogP contribution in [-0.2, 0) is 13.1 Å². The highest BCUT2D eigenvalue weighted by atomic mass is 32.1. The molecule has 0 fully saturated rings. The highest BCUT2D eigenvalue weighted by Gasteiger charge is 2.04. The van der Waals surface area contributed by atoms with Gasteiger partial charge in [-0.1, -0.05) is 83.4 Å². The van der Waals surface area contributed by atoms with Gasteiger partial charge in [-0.15, -0.1) is 5.10 Å². The Kier molecular flexibility index (Phi) is 5.14. The number of benzene rings is 3. The molecule has 4 aromatic rings. The van der Waals surface area contributed by atoms with Crippen molar-refractivity contribution < 1.29 is 0 Å². The summed E-state index contributed by atoms with van der Waals surface area (Å²) in [4.78, 5) is 0. The Morgan fingerprint density at radius 2 is 1.50 bits per heavy atom. The Hall–Kier alpha value is -2.82. The smallest absolute Gasteiger partial charge is 0.105 e. The first-order valence-electron chi connectivity index (χ1n) is 8.60. The quantitative estimate of drug-likeness (QED) is 0.518. The molecule has 0 bridgehead atoms. The van der Waals surface area contributed by atoms with Gasteiger partial charge in [-0.2, -0.15) is 0 Å². The van der Waals surface area contributed by atoms with Gasteiger partial charge in [-0.25, -0.2) is 0 Å². The van der Waals surface area contributed by atoms with Gasteiger partial charge in [0.25, 0.3) is 0 Å². The Labute approximate surface area is 157 Å². The SMILES string of the molecule is c1ccc(-c2ccccc2CNCc2ccc(-c3csnn3)cc2)cc1. The predicted octanol–water partition coefficient (Wildman–Crippen LogP) is 5.16. The fourth-order valence-electron chi connectivity index (χ4n) is 3.00. The predicted molar refractivity (Wildman–Crippen MR) is 108 cm³/mol. The first kappa shape index (κ1) is 16.6. The molecule has 0 saturated heterocycles. The van der Waals surface area contributed by atoms with E-state index in [9.17, 15) is 0 Å². The molecular formula is C22H19N3S. The second kappa shape index (κ2) is 8.04. The molecule has 3 nitrogen and oxygen atoms in total. The fraction of sp³-hybridized carbons (Fsp3) is 0.0909. The minimum Gasteiger partial charge on any atom is -0.309 e. The van der Waals surface area contributed by atoms with Crippen LogP contribution in [0, 0.1) is 0 Å². The largest absolute Gasteiger partial charge is 0.309 e. The van der Waals surface area contributed by atoms with E-state index in [1.165, 1.54) is 33.8 Å². The third-order valence-electron chi connectivity index (χ3n) is 4.36. The first-order chi connectivity index (χ1) is 12.9. The molecule has 3 aromatic carbocycles. The van der Waals surface area contributed by atoms with Crippen LogP contribution in [0.1, 0.15) is 11.1 Å². The average molecular weight is 357 g/mol. The van der Waals surface area contributed by atoms with E-state index in [0.29, 0.717) is 0 Å². The first-order valence-corrected chi connectivity index (χ1v) is 9.44. The molecule has 0 amide bonds. The fourth-order valence-corrected chi connectivity index (χ4v) is 3.46. The van der Waals surface area contributed by atoms with Gasteiger partial charge < -0.3 is 5.32 Å². The van der Waals surface area contributed by atoms with E-state index in [4.69, 9.17) is 0 Å². The second-order valence-electron chi connectivity index (χ2n) is 6.11. The molecule has 26 heavy (non-hydrogen) atoms. The molecule has 0 unspecified atom stereocenters. The van der Waals surface area contributed by atoms with E-state index in [2.05, 4.69) is 93.8 Å². The summed E-state index contributed by atoms with van der Waals surface area (Å²) >= 11 is 1.38. The lowest BCUT2D eigenvalue weighted by molar-refractivity contribution is 0.694. The Morgan fingerprint density at radius 1 is 0.731 bits per heavy atom. The monoisotopic (exact) mass is 357 g/mol. The zero-order valence-corrected chi connectivity index (χ0v) is 15.1. The summed E-state index contributed by atoms with van der Waals surface area (Å²) in [7, 11) is 0. The van der Waals surface area contributed by atoms with Gasteiger partial charge in [0.05, 0.1) is 0 Å². The van der Waals surface area contributed by atoms with E-state index in [1.807, 2.05) is 5.38 Å². The van der Waals surface area contributed by atoms with Crippen LogP contribution < -0.4 is 5.32 Å². The van der Waals surface area contributed by atoms with Crippen molar-refractivity contribution >= 4 is 11.5 Å². The van der Waals surface area contributed by atoms with Crippen LogP contribution in [0.5, 0.6) is 0 Å². The van der Waals surface area contributed by atoms with E-state index in [0.717, 1.165) is 24.3 Å². The highest BCUT2D eigenvalue weighted by Crippen LogP contribution is 2.23. The lowest BCUT2D eigenvalue weighted by atomic mass is 10.00. The van der Waals surface area contributed by atoms with Crippen LogP contribution >= 0.6 is 11.5 Å². The summed E-state index contributed by atoms with van der Waals surface area (Å²) in [6, 6.07) is 27.6. The van der Waals surface area contributed by atoms with E-state index in [-0.39, 0.29) is 0 Å². The lowest BCUT2D eigenvalue weighted by Gasteiger charge is -2.11. The number of rotatable bonds is 6. The normalized spacial score (nSPS) is 10.8. The van der Waals surface area contributed by atoms with Crippen molar-refractivity contribution in [3.05, 3.63) is 95.4 Å². The molecule has 4 heteroatoms. The van der Waals surface area contributed by atoms with Crippen LogP contribution in [0.25, 0.3) is 22.4 Å². The number of aromatic nitrogens is 2. The molecule has 0 aliphatic carbocycles. The summed E-state index contributed by atoms with van der Waals surface area (Å²) in [5, 5.41) is 9.63.